The summed E-state index contributed by atoms with van der Waals surface area (Å²) in [6.45, 7) is 0. The molecule has 0 radical (unpaired) electrons. The predicted octanol–water partition coefficient (Wildman–Crippen LogP) is 1.67. The molecule has 90 valence electrons. The van der Waals surface area contributed by atoms with E-state index in [1.807, 2.05) is 0 Å². The topological polar surface area (TPSA) is 80.4 Å². The second kappa shape index (κ2) is 4.67. The number of alkyl halides is 2. The van der Waals surface area contributed by atoms with E-state index in [9.17, 15) is 13.5 Å². The summed E-state index contributed by atoms with van der Waals surface area (Å²) in [7, 11) is -3.59. The van der Waals surface area contributed by atoms with Gasteiger partial charge in [0, 0.05) is 11.9 Å². The Bertz CT molecular complexity index is 472. The van der Waals surface area contributed by atoms with Crippen molar-refractivity contribution in [3.05, 3.63) is 29.8 Å². The summed E-state index contributed by atoms with van der Waals surface area (Å²) >= 11 is 7.37. The van der Waals surface area contributed by atoms with Gasteiger partial charge in [-0.15, -0.1) is 0 Å². The summed E-state index contributed by atoms with van der Waals surface area (Å²) < 4.78 is 21.0. The summed E-state index contributed by atoms with van der Waals surface area (Å²) in [6, 6.07) is 6.23. The molecule has 0 aliphatic carbocycles. The SMILES string of the molecule is CS(=O)(=O)[C@@](Cl)(I)[C@H](O)c1ccc(N)cc1. The number of hydrogen-bond acceptors (Lipinski definition) is 4. The van der Waals surface area contributed by atoms with Crippen LogP contribution in [0.3, 0.4) is 0 Å². The molecule has 0 amide bonds. The fourth-order valence-electron chi connectivity index (χ4n) is 1.08. The number of rotatable bonds is 3. The lowest BCUT2D eigenvalue weighted by Gasteiger charge is -2.24. The van der Waals surface area contributed by atoms with Crippen molar-refractivity contribution in [1.29, 1.82) is 0 Å². The van der Waals surface area contributed by atoms with E-state index in [1.54, 1.807) is 24.3 Å². The number of aliphatic hydroxyl groups excluding tert-OH is 1. The molecule has 0 spiro atoms. The lowest BCUT2D eigenvalue weighted by atomic mass is 10.1. The Kier molecular flexibility index (Phi) is 4.09. The highest BCUT2D eigenvalue weighted by atomic mass is 127. The van der Waals surface area contributed by atoms with Gasteiger partial charge in [-0.2, -0.15) is 0 Å². The minimum atomic E-state index is -3.59. The van der Waals surface area contributed by atoms with Crippen molar-refractivity contribution >= 4 is 49.7 Å². The Morgan fingerprint density at radius 1 is 1.44 bits per heavy atom. The molecular formula is C9H11ClINO3S. The molecule has 1 aromatic rings. The number of hydrogen-bond donors (Lipinski definition) is 2. The zero-order valence-electron chi connectivity index (χ0n) is 8.39. The molecule has 4 nitrogen and oxygen atoms in total. The molecule has 0 saturated heterocycles. The average molecular weight is 376 g/mol. The second-order valence-electron chi connectivity index (χ2n) is 3.40. The van der Waals surface area contributed by atoms with Crippen molar-refractivity contribution in [2.24, 2.45) is 0 Å². The van der Waals surface area contributed by atoms with E-state index in [4.69, 9.17) is 17.3 Å². The van der Waals surface area contributed by atoms with E-state index in [0.717, 1.165) is 6.26 Å². The van der Waals surface area contributed by atoms with Gasteiger partial charge < -0.3 is 10.8 Å². The molecular weight excluding hydrogens is 365 g/mol. The van der Waals surface area contributed by atoms with Crippen molar-refractivity contribution in [3.63, 3.8) is 0 Å². The van der Waals surface area contributed by atoms with Crippen LogP contribution in [0.4, 0.5) is 5.69 Å². The first-order valence-corrected chi connectivity index (χ1v) is 7.62. The Morgan fingerprint density at radius 2 is 1.88 bits per heavy atom. The Balaban J connectivity index is 3.12. The minimum Gasteiger partial charge on any atom is -0.399 e. The zero-order valence-corrected chi connectivity index (χ0v) is 12.1. The molecule has 0 bridgehead atoms. The number of sulfone groups is 1. The quantitative estimate of drug-likeness (QED) is 0.478. The molecule has 0 aromatic heterocycles. The van der Waals surface area contributed by atoms with Gasteiger partial charge in [0.1, 0.15) is 6.10 Å². The normalized spacial score (nSPS) is 17.8. The number of halogens is 2. The van der Waals surface area contributed by atoms with Gasteiger partial charge in [0.05, 0.1) is 0 Å². The standard InChI is InChI=1S/C9H11ClINO3S/c1-16(14,15)9(10,11)8(13)6-2-4-7(12)5-3-6/h2-5,8,13H,12H2,1H3/t8-,9+/m1/s1. The first-order chi connectivity index (χ1) is 7.16. The van der Waals surface area contributed by atoms with Crippen LogP contribution in [0.25, 0.3) is 0 Å². The van der Waals surface area contributed by atoms with Crippen LogP contribution in [0.15, 0.2) is 24.3 Å². The summed E-state index contributed by atoms with van der Waals surface area (Å²) in [5, 5.41) is 9.92. The number of benzene rings is 1. The molecule has 3 N–H and O–H groups in total. The molecule has 0 unspecified atom stereocenters. The maximum absolute atomic E-state index is 11.4. The fraction of sp³-hybridized carbons (Fsp3) is 0.333. The third-order valence-corrected chi connectivity index (χ3v) is 7.31. The van der Waals surface area contributed by atoms with Crippen molar-refractivity contribution in [3.8, 4) is 0 Å². The molecule has 1 aromatic carbocycles. The smallest absolute Gasteiger partial charge is 0.224 e. The van der Waals surface area contributed by atoms with E-state index in [-0.39, 0.29) is 0 Å². The first-order valence-electron chi connectivity index (χ1n) is 4.27. The first kappa shape index (κ1) is 14.0. The van der Waals surface area contributed by atoms with Crippen LogP contribution in [-0.2, 0) is 9.84 Å². The average Bonchev–Trinajstić information content (AvgIpc) is 2.16. The maximum Gasteiger partial charge on any atom is 0.224 e. The van der Waals surface area contributed by atoms with Crippen LogP contribution >= 0.6 is 34.2 Å². The molecule has 16 heavy (non-hydrogen) atoms. The maximum atomic E-state index is 11.4. The van der Waals surface area contributed by atoms with E-state index < -0.39 is 18.2 Å². The third kappa shape index (κ3) is 2.79. The van der Waals surface area contributed by atoms with Gasteiger partial charge in [-0.05, 0) is 40.3 Å². The van der Waals surface area contributed by atoms with Crippen LogP contribution in [-0.4, -0.2) is 22.0 Å². The van der Waals surface area contributed by atoms with E-state index >= 15 is 0 Å². The second-order valence-corrected chi connectivity index (χ2v) is 9.48. The summed E-state index contributed by atoms with van der Waals surface area (Å²) in [5.74, 6) is 0. The Hall–Kier alpha value is -0.0500. The van der Waals surface area contributed by atoms with Crippen molar-refractivity contribution in [1.82, 2.24) is 0 Å². The molecule has 0 fully saturated rings. The Labute approximate surface area is 113 Å². The van der Waals surface area contributed by atoms with Crippen LogP contribution in [0, 0.1) is 0 Å². The molecule has 0 saturated carbocycles. The lowest BCUT2D eigenvalue weighted by Crippen LogP contribution is -2.31. The zero-order chi connectivity index (χ0) is 12.6. The van der Waals surface area contributed by atoms with Crippen molar-refractivity contribution in [2.45, 2.75) is 8.32 Å². The third-order valence-electron chi connectivity index (χ3n) is 2.06. The number of nitrogen functional groups attached to an aromatic ring is 1. The van der Waals surface area contributed by atoms with Crippen molar-refractivity contribution < 1.29 is 13.5 Å². The van der Waals surface area contributed by atoms with Crippen LogP contribution in [0.1, 0.15) is 11.7 Å². The summed E-state index contributed by atoms with van der Waals surface area (Å²) in [6.07, 6.45) is -0.335. The Morgan fingerprint density at radius 3 is 2.25 bits per heavy atom. The van der Waals surface area contributed by atoms with E-state index in [2.05, 4.69) is 0 Å². The fourth-order valence-corrected chi connectivity index (χ4v) is 2.10. The van der Waals surface area contributed by atoms with Gasteiger partial charge >= 0.3 is 0 Å². The van der Waals surface area contributed by atoms with Gasteiger partial charge in [-0.1, -0.05) is 23.7 Å². The molecule has 1 rings (SSSR count). The van der Waals surface area contributed by atoms with Crippen LogP contribution in [0.2, 0.25) is 0 Å². The van der Waals surface area contributed by atoms with E-state index in [0.29, 0.717) is 11.3 Å². The predicted molar refractivity (Wildman–Crippen MR) is 73.3 cm³/mol. The van der Waals surface area contributed by atoms with Crippen molar-refractivity contribution in [2.75, 3.05) is 12.0 Å². The largest absolute Gasteiger partial charge is 0.399 e. The minimum absolute atomic E-state index is 0.407. The van der Waals surface area contributed by atoms with Crippen LogP contribution < -0.4 is 5.73 Å². The number of aliphatic hydroxyl groups is 1. The van der Waals surface area contributed by atoms with E-state index in [1.165, 1.54) is 22.6 Å². The number of anilines is 1. The van der Waals surface area contributed by atoms with Crippen LogP contribution in [0.5, 0.6) is 0 Å². The highest BCUT2D eigenvalue weighted by Crippen LogP contribution is 2.42. The molecule has 0 heterocycles. The summed E-state index contributed by atoms with van der Waals surface area (Å²) in [5.41, 5.74) is 6.42. The monoisotopic (exact) mass is 375 g/mol. The molecule has 2 atom stereocenters. The highest BCUT2D eigenvalue weighted by Gasteiger charge is 2.43. The van der Waals surface area contributed by atoms with Gasteiger partial charge in [-0.25, -0.2) is 8.42 Å². The molecule has 7 heteroatoms. The number of nitrogens with two attached hydrogens (primary N) is 1. The van der Waals surface area contributed by atoms with Gasteiger partial charge in [0.2, 0.25) is 2.21 Å². The molecule has 0 aliphatic heterocycles. The summed E-state index contributed by atoms with van der Waals surface area (Å²) in [4.78, 5) is 0. The van der Waals surface area contributed by atoms with Gasteiger partial charge in [-0.3, -0.25) is 0 Å². The van der Waals surface area contributed by atoms with Gasteiger partial charge in [0.25, 0.3) is 0 Å². The molecule has 0 aliphatic rings. The van der Waals surface area contributed by atoms with Gasteiger partial charge in [0.15, 0.2) is 9.84 Å². The highest BCUT2D eigenvalue weighted by molar-refractivity contribution is 14.1. The lowest BCUT2D eigenvalue weighted by molar-refractivity contribution is 0.188.